The highest BCUT2D eigenvalue weighted by molar-refractivity contribution is 5.97. The van der Waals surface area contributed by atoms with E-state index in [-0.39, 0.29) is 11.9 Å². The van der Waals surface area contributed by atoms with E-state index in [9.17, 15) is 4.79 Å². The average Bonchev–Trinajstić information content (AvgIpc) is 3.83. The zero-order valence-corrected chi connectivity index (χ0v) is 23.1. The number of anilines is 1. The Morgan fingerprint density at radius 3 is 2.77 bits per heavy atom. The van der Waals surface area contributed by atoms with E-state index in [2.05, 4.69) is 37.6 Å². The van der Waals surface area contributed by atoms with Gasteiger partial charge >= 0.3 is 0 Å². The average molecular weight is 568 g/mol. The molecule has 0 spiro atoms. The van der Waals surface area contributed by atoms with Crippen molar-refractivity contribution in [3.63, 3.8) is 0 Å². The Morgan fingerprint density at radius 2 is 1.91 bits per heavy atom. The van der Waals surface area contributed by atoms with Crippen LogP contribution in [-0.2, 0) is 13.5 Å². The first-order valence-electron chi connectivity index (χ1n) is 13.9. The van der Waals surface area contributed by atoms with Gasteiger partial charge in [-0.25, -0.2) is 24.6 Å². The summed E-state index contributed by atoms with van der Waals surface area (Å²) in [6.45, 7) is 0. The molecule has 1 aliphatic carbocycles. The summed E-state index contributed by atoms with van der Waals surface area (Å²) in [6.07, 6.45) is 10.1. The maximum atomic E-state index is 13.2. The number of aryl methyl sites for hydroxylation is 2. The fourth-order valence-corrected chi connectivity index (χ4v) is 5.81. The monoisotopic (exact) mass is 567 g/mol. The van der Waals surface area contributed by atoms with E-state index in [1.54, 1.807) is 34.2 Å². The number of nitrogens with two attached hydrogens (primary N) is 1. The summed E-state index contributed by atoms with van der Waals surface area (Å²) in [5.74, 6) is 1.54. The number of aromatic nitrogens is 9. The fraction of sp³-hybridized carbons (Fsp3) is 0.129. The molecule has 0 aliphatic heterocycles. The second-order valence-electron chi connectivity index (χ2n) is 10.5. The van der Waals surface area contributed by atoms with Crippen LogP contribution in [0.2, 0.25) is 0 Å². The summed E-state index contributed by atoms with van der Waals surface area (Å²) in [5.41, 5.74) is 12.8. The Labute approximate surface area is 244 Å². The van der Waals surface area contributed by atoms with Crippen LogP contribution in [0, 0.1) is 0 Å². The van der Waals surface area contributed by atoms with Crippen LogP contribution in [0.15, 0.2) is 85.6 Å². The molecule has 0 radical (unpaired) electrons. The molecule has 1 amide bonds. The first-order chi connectivity index (χ1) is 21.0. The van der Waals surface area contributed by atoms with Gasteiger partial charge in [0.1, 0.15) is 11.3 Å². The molecule has 8 rings (SSSR count). The van der Waals surface area contributed by atoms with E-state index in [1.165, 1.54) is 0 Å². The maximum Gasteiger partial charge on any atom is 0.253 e. The maximum absolute atomic E-state index is 13.2. The SMILES string of the molecule is Cn1ncc2cc(C(=O)N[C@H]3CCc4cc(-n5c(-c6cccnc6N)nc6ccc(-n7cccn7)nc65)ccc43)cnc21. The molecule has 6 heterocycles. The van der Waals surface area contributed by atoms with Gasteiger partial charge in [0.25, 0.3) is 5.91 Å². The molecule has 0 bridgehead atoms. The summed E-state index contributed by atoms with van der Waals surface area (Å²) in [7, 11) is 1.83. The Bertz CT molecular complexity index is 2180. The van der Waals surface area contributed by atoms with Gasteiger partial charge in [0.2, 0.25) is 0 Å². The van der Waals surface area contributed by atoms with Crippen molar-refractivity contribution in [3.8, 4) is 22.9 Å². The van der Waals surface area contributed by atoms with Crippen molar-refractivity contribution in [3.05, 3.63) is 102 Å². The second-order valence-corrected chi connectivity index (χ2v) is 10.5. The van der Waals surface area contributed by atoms with E-state index in [1.807, 2.05) is 60.3 Å². The molecular formula is C31H25N11O. The first-order valence-corrected chi connectivity index (χ1v) is 13.9. The molecule has 0 saturated heterocycles. The fourth-order valence-electron chi connectivity index (χ4n) is 5.81. The Morgan fingerprint density at radius 1 is 0.977 bits per heavy atom. The highest BCUT2D eigenvalue weighted by atomic mass is 16.1. The van der Waals surface area contributed by atoms with Gasteiger partial charge in [0.15, 0.2) is 22.9 Å². The number of nitrogens with one attached hydrogen (secondary N) is 1. The van der Waals surface area contributed by atoms with E-state index in [0.29, 0.717) is 34.2 Å². The standard InChI is InChI=1S/C31H25N11O/c1-40-28-19(17-36-40)14-20(16-34-28)31(43)38-24-8-5-18-15-21(6-7-22(18)24)42-29(23-4-2-11-33-27(23)32)37-25-9-10-26(39-30(25)42)41-13-3-12-35-41/h2-4,6-7,9-17,24H,5,8H2,1H3,(H2,32,33)(H,38,43)/t24-/m0/s1. The molecule has 7 aromatic rings. The number of pyridine rings is 3. The van der Waals surface area contributed by atoms with Crippen LogP contribution in [0.4, 0.5) is 5.82 Å². The Kier molecular flexibility index (Phi) is 5.54. The van der Waals surface area contributed by atoms with Gasteiger partial charge in [0, 0.05) is 42.9 Å². The Balaban J connectivity index is 1.18. The molecule has 1 atom stereocenters. The molecule has 43 heavy (non-hydrogen) atoms. The van der Waals surface area contributed by atoms with Gasteiger partial charge in [-0.2, -0.15) is 10.2 Å². The van der Waals surface area contributed by atoms with Crippen LogP contribution >= 0.6 is 0 Å². The third kappa shape index (κ3) is 4.10. The lowest BCUT2D eigenvalue weighted by Crippen LogP contribution is -2.27. The van der Waals surface area contributed by atoms with Crippen molar-refractivity contribution in [2.45, 2.75) is 18.9 Å². The zero-order chi connectivity index (χ0) is 29.1. The molecule has 0 saturated carbocycles. The summed E-state index contributed by atoms with van der Waals surface area (Å²) in [6, 6.07) is 17.4. The van der Waals surface area contributed by atoms with Crippen LogP contribution in [0.1, 0.15) is 33.9 Å². The number of fused-ring (bicyclic) bond motifs is 3. The molecule has 210 valence electrons. The van der Waals surface area contributed by atoms with E-state index < -0.39 is 0 Å². The molecule has 0 fully saturated rings. The van der Waals surface area contributed by atoms with Crippen molar-refractivity contribution >= 4 is 33.9 Å². The van der Waals surface area contributed by atoms with Crippen molar-refractivity contribution in [1.29, 1.82) is 0 Å². The van der Waals surface area contributed by atoms with Crippen molar-refractivity contribution in [2.75, 3.05) is 5.73 Å². The Hall–Kier alpha value is -5.91. The summed E-state index contributed by atoms with van der Waals surface area (Å²) in [4.78, 5) is 31.8. The number of imidazole rings is 1. The van der Waals surface area contributed by atoms with E-state index >= 15 is 0 Å². The van der Waals surface area contributed by atoms with E-state index in [4.69, 9.17) is 15.7 Å². The number of hydrogen-bond acceptors (Lipinski definition) is 8. The van der Waals surface area contributed by atoms with Crippen LogP contribution < -0.4 is 11.1 Å². The van der Waals surface area contributed by atoms with Gasteiger partial charge < -0.3 is 11.1 Å². The highest BCUT2D eigenvalue weighted by Crippen LogP contribution is 2.36. The van der Waals surface area contributed by atoms with E-state index in [0.717, 1.165) is 46.2 Å². The summed E-state index contributed by atoms with van der Waals surface area (Å²) in [5, 5.41) is 12.6. The molecule has 12 heteroatoms. The first kappa shape index (κ1) is 24.9. The predicted molar refractivity (Wildman–Crippen MR) is 161 cm³/mol. The van der Waals surface area contributed by atoms with Crippen LogP contribution in [0.5, 0.6) is 0 Å². The molecule has 6 aromatic heterocycles. The van der Waals surface area contributed by atoms with Crippen LogP contribution in [-0.4, -0.2) is 50.0 Å². The molecule has 1 aromatic carbocycles. The molecule has 1 aliphatic rings. The van der Waals surface area contributed by atoms with Crippen molar-refractivity contribution in [1.82, 2.24) is 49.4 Å². The number of amides is 1. The number of nitrogens with zero attached hydrogens (tertiary/aromatic N) is 9. The third-order valence-corrected chi connectivity index (χ3v) is 7.91. The molecule has 12 nitrogen and oxygen atoms in total. The van der Waals surface area contributed by atoms with Crippen LogP contribution in [0.25, 0.3) is 45.1 Å². The van der Waals surface area contributed by atoms with Gasteiger partial charge in [-0.1, -0.05) is 6.07 Å². The zero-order valence-electron chi connectivity index (χ0n) is 23.1. The third-order valence-electron chi connectivity index (χ3n) is 7.91. The summed E-state index contributed by atoms with van der Waals surface area (Å²) < 4.78 is 5.41. The van der Waals surface area contributed by atoms with Gasteiger partial charge in [-0.05, 0) is 72.5 Å². The number of rotatable bonds is 5. The largest absolute Gasteiger partial charge is 0.383 e. The lowest BCUT2D eigenvalue weighted by molar-refractivity contribution is 0.0936. The number of hydrogen-bond donors (Lipinski definition) is 2. The molecular weight excluding hydrogens is 542 g/mol. The normalized spacial score (nSPS) is 14.4. The second kappa shape index (κ2) is 9.58. The van der Waals surface area contributed by atoms with Crippen LogP contribution in [0.3, 0.4) is 0 Å². The number of carbonyl (C=O) groups is 1. The minimum Gasteiger partial charge on any atom is -0.383 e. The lowest BCUT2D eigenvalue weighted by atomic mass is 10.1. The quantitative estimate of drug-likeness (QED) is 0.318. The smallest absolute Gasteiger partial charge is 0.253 e. The van der Waals surface area contributed by atoms with Gasteiger partial charge in [0.05, 0.1) is 23.4 Å². The molecule has 3 N–H and O–H groups in total. The predicted octanol–water partition coefficient (Wildman–Crippen LogP) is 3.95. The minimum atomic E-state index is -0.162. The highest BCUT2D eigenvalue weighted by Gasteiger charge is 2.26. The lowest BCUT2D eigenvalue weighted by Gasteiger charge is -2.16. The number of nitrogen functional groups attached to an aromatic ring is 1. The topological polar surface area (TPSA) is 147 Å². The summed E-state index contributed by atoms with van der Waals surface area (Å²) >= 11 is 0. The molecule has 0 unspecified atom stereocenters. The van der Waals surface area contributed by atoms with Gasteiger partial charge in [-0.3, -0.25) is 14.0 Å². The minimum absolute atomic E-state index is 0.112. The number of carbonyl (C=O) groups excluding carboxylic acids is 1. The van der Waals surface area contributed by atoms with Gasteiger partial charge in [-0.15, -0.1) is 0 Å². The number of benzene rings is 1. The van der Waals surface area contributed by atoms with Crippen molar-refractivity contribution < 1.29 is 4.79 Å². The van der Waals surface area contributed by atoms with Crippen molar-refractivity contribution in [2.24, 2.45) is 7.05 Å².